The Kier molecular flexibility index (Phi) is 8.20. The second kappa shape index (κ2) is 11.5. The van der Waals surface area contributed by atoms with Gasteiger partial charge in [-0.1, -0.05) is 11.6 Å². The number of piperidine rings is 1. The molecule has 1 aliphatic heterocycles. The normalized spacial score (nSPS) is 14.2. The number of methoxy groups -OCH3 is 2. The molecule has 1 amide bonds. The quantitative estimate of drug-likeness (QED) is 0.413. The highest BCUT2D eigenvalue weighted by Crippen LogP contribution is 2.36. The fraction of sp³-hybridized carbons (Fsp3) is 0.400. The average Bonchev–Trinajstić information content (AvgIpc) is 2.87. The number of amides is 1. The number of anilines is 2. The predicted molar refractivity (Wildman–Crippen MR) is 132 cm³/mol. The zero-order valence-electron chi connectivity index (χ0n) is 19.7. The maximum Gasteiger partial charge on any atom is 0.222 e. The molecule has 4 rings (SSSR count). The van der Waals surface area contributed by atoms with Crippen LogP contribution in [0.1, 0.15) is 25.7 Å². The van der Waals surface area contributed by atoms with Gasteiger partial charge < -0.3 is 24.4 Å². The fourth-order valence-electron chi connectivity index (χ4n) is 4.05. The van der Waals surface area contributed by atoms with Crippen LogP contribution in [0.5, 0.6) is 11.5 Å². The third-order valence-electron chi connectivity index (χ3n) is 5.93. The Hall–Kier alpha value is -3.17. The van der Waals surface area contributed by atoms with E-state index in [0.717, 1.165) is 24.6 Å². The van der Waals surface area contributed by atoms with E-state index in [1.54, 1.807) is 26.4 Å². The second-order valence-electron chi connectivity index (χ2n) is 8.29. The Morgan fingerprint density at radius 2 is 1.97 bits per heavy atom. The Morgan fingerprint density at radius 1 is 1.17 bits per heavy atom. The molecular formula is C25H28ClFN4O4. The molecular weight excluding hydrogens is 475 g/mol. The minimum atomic E-state index is -0.493. The van der Waals surface area contributed by atoms with Crippen LogP contribution in [0.15, 0.2) is 36.7 Å². The molecule has 8 nitrogen and oxygen atoms in total. The molecule has 35 heavy (non-hydrogen) atoms. The van der Waals surface area contributed by atoms with E-state index in [4.69, 9.17) is 25.8 Å². The van der Waals surface area contributed by atoms with Crippen molar-refractivity contribution in [3.63, 3.8) is 0 Å². The van der Waals surface area contributed by atoms with Gasteiger partial charge in [-0.05, 0) is 30.7 Å². The lowest BCUT2D eigenvalue weighted by molar-refractivity contribution is -0.133. The summed E-state index contributed by atoms with van der Waals surface area (Å²) in [5.41, 5.74) is 1.26. The van der Waals surface area contributed by atoms with Crippen LogP contribution in [0.2, 0.25) is 5.02 Å². The van der Waals surface area contributed by atoms with E-state index in [-0.39, 0.29) is 17.0 Å². The Labute approximate surface area is 208 Å². The van der Waals surface area contributed by atoms with Gasteiger partial charge in [0.2, 0.25) is 5.91 Å². The van der Waals surface area contributed by atoms with E-state index in [2.05, 4.69) is 15.3 Å². The first-order chi connectivity index (χ1) is 17.0. The van der Waals surface area contributed by atoms with Crippen LogP contribution < -0.4 is 14.8 Å². The molecule has 1 saturated heterocycles. The molecule has 0 spiro atoms. The number of nitrogens with one attached hydrogen (secondary N) is 1. The third-order valence-corrected chi connectivity index (χ3v) is 6.22. The molecule has 0 unspecified atom stereocenters. The first-order valence-electron chi connectivity index (χ1n) is 11.5. The third kappa shape index (κ3) is 6.10. The van der Waals surface area contributed by atoms with Gasteiger partial charge >= 0.3 is 0 Å². The summed E-state index contributed by atoms with van der Waals surface area (Å²) in [6.45, 7) is 1.88. The first kappa shape index (κ1) is 24.9. The molecule has 2 heterocycles. The number of ether oxygens (including phenoxy) is 3. The molecule has 1 N–H and O–H groups in total. The van der Waals surface area contributed by atoms with Gasteiger partial charge in [-0.2, -0.15) is 0 Å². The van der Waals surface area contributed by atoms with Crippen molar-refractivity contribution in [2.75, 3.05) is 39.2 Å². The molecule has 1 aromatic heterocycles. The molecule has 0 saturated carbocycles. The Morgan fingerprint density at radius 3 is 2.69 bits per heavy atom. The lowest BCUT2D eigenvalue weighted by atomic mass is 10.1. The van der Waals surface area contributed by atoms with Crippen molar-refractivity contribution in [3.8, 4) is 11.5 Å². The predicted octanol–water partition coefficient (Wildman–Crippen LogP) is 4.97. The van der Waals surface area contributed by atoms with Gasteiger partial charge in [0.25, 0.3) is 0 Å². The van der Waals surface area contributed by atoms with Crippen LogP contribution in [-0.2, 0) is 9.53 Å². The van der Waals surface area contributed by atoms with Gasteiger partial charge in [-0.25, -0.2) is 14.4 Å². The molecule has 186 valence electrons. The highest BCUT2D eigenvalue weighted by molar-refractivity contribution is 6.31. The number of benzene rings is 2. The van der Waals surface area contributed by atoms with Crippen molar-refractivity contribution in [1.82, 2.24) is 14.9 Å². The topological polar surface area (TPSA) is 85.8 Å². The van der Waals surface area contributed by atoms with Crippen LogP contribution in [0.4, 0.5) is 15.9 Å². The maximum atomic E-state index is 13.5. The number of nitrogens with zero attached hydrogens (tertiary/aromatic N) is 3. The van der Waals surface area contributed by atoms with E-state index in [1.807, 2.05) is 11.0 Å². The highest BCUT2D eigenvalue weighted by atomic mass is 35.5. The van der Waals surface area contributed by atoms with Crippen molar-refractivity contribution in [2.45, 2.75) is 31.8 Å². The average molecular weight is 503 g/mol. The molecule has 0 atom stereocenters. The van der Waals surface area contributed by atoms with Crippen molar-refractivity contribution in [2.24, 2.45) is 0 Å². The van der Waals surface area contributed by atoms with Gasteiger partial charge in [0.15, 0.2) is 11.5 Å². The molecule has 2 aromatic carbocycles. The fourth-order valence-corrected chi connectivity index (χ4v) is 4.23. The minimum Gasteiger partial charge on any atom is -0.493 e. The molecule has 0 radical (unpaired) electrons. The van der Waals surface area contributed by atoms with Crippen LogP contribution in [0.25, 0.3) is 10.9 Å². The molecule has 1 fully saturated rings. The number of hydrogen-bond acceptors (Lipinski definition) is 7. The van der Waals surface area contributed by atoms with Gasteiger partial charge in [0.05, 0.1) is 17.6 Å². The number of aromatic nitrogens is 2. The zero-order chi connectivity index (χ0) is 24.8. The summed E-state index contributed by atoms with van der Waals surface area (Å²) in [5, 5.41) is 3.90. The van der Waals surface area contributed by atoms with E-state index in [9.17, 15) is 9.18 Å². The largest absolute Gasteiger partial charge is 0.493 e. The number of fused-ring (bicyclic) bond motifs is 1. The zero-order valence-corrected chi connectivity index (χ0v) is 20.5. The highest BCUT2D eigenvalue weighted by Gasteiger charge is 2.25. The Balaban J connectivity index is 1.49. The molecule has 1 aliphatic rings. The van der Waals surface area contributed by atoms with Crippen LogP contribution >= 0.6 is 11.6 Å². The standard InChI is InChI=1S/C25H28ClFN4O4/c1-33-11-3-4-24(32)31-9-7-17(8-10-31)35-23-13-18-21(14-22(23)34-2)28-15-29-25(18)30-16-5-6-20(27)19(26)12-16/h5-6,12-15,17H,3-4,7-11H2,1-2H3,(H,28,29,30). The summed E-state index contributed by atoms with van der Waals surface area (Å²) in [6.07, 6.45) is 4.05. The SMILES string of the molecule is COCCCC(=O)N1CCC(Oc2cc3c(Nc4ccc(F)c(Cl)c4)ncnc3cc2OC)CC1. The summed E-state index contributed by atoms with van der Waals surface area (Å²) in [6, 6.07) is 8.00. The molecule has 3 aromatic rings. The minimum absolute atomic E-state index is 0.0163. The number of hydrogen-bond donors (Lipinski definition) is 1. The monoisotopic (exact) mass is 502 g/mol. The van der Waals surface area contributed by atoms with Crippen LogP contribution in [0, 0.1) is 5.82 Å². The molecule has 0 bridgehead atoms. The summed E-state index contributed by atoms with van der Waals surface area (Å²) in [5.74, 6) is 1.32. The van der Waals surface area contributed by atoms with Crippen molar-refractivity contribution in [3.05, 3.63) is 47.5 Å². The van der Waals surface area contributed by atoms with Crippen molar-refractivity contribution in [1.29, 1.82) is 0 Å². The lowest BCUT2D eigenvalue weighted by Crippen LogP contribution is -2.41. The number of carbonyl (C=O) groups is 1. The number of carbonyl (C=O) groups excluding carboxylic acids is 1. The van der Waals surface area contributed by atoms with E-state index in [0.29, 0.717) is 54.6 Å². The summed E-state index contributed by atoms with van der Waals surface area (Å²) in [4.78, 5) is 23.0. The first-order valence-corrected chi connectivity index (χ1v) is 11.8. The van der Waals surface area contributed by atoms with E-state index >= 15 is 0 Å². The Bertz CT molecular complexity index is 1190. The molecule has 0 aliphatic carbocycles. The van der Waals surface area contributed by atoms with Crippen molar-refractivity contribution < 1.29 is 23.4 Å². The number of rotatable bonds is 9. The summed E-state index contributed by atoms with van der Waals surface area (Å²) >= 11 is 5.92. The lowest BCUT2D eigenvalue weighted by Gasteiger charge is -2.32. The second-order valence-corrected chi connectivity index (χ2v) is 8.70. The van der Waals surface area contributed by atoms with Gasteiger partial charge in [-0.3, -0.25) is 4.79 Å². The summed E-state index contributed by atoms with van der Waals surface area (Å²) in [7, 11) is 3.22. The van der Waals surface area contributed by atoms with Crippen LogP contribution in [0.3, 0.4) is 0 Å². The van der Waals surface area contributed by atoms with Gasteiger partial charge in [-0.15, -0.1) is 0 Å². The number of halogens is 2. The van der Waals surface area contributed by atoms with E-state index in [1.165, 1.54) is 18.5 Å². The van der Waals surface area contributed by atoms with Gasteiger partial charge in [0.1, 0.15) is 24.1 Å². The van der Waals surface area contributed by atoms with Crippen molar-refractivity contribution >= 4 is 39.9 Å². The smallest absolute Gasteiger partial charge is 0.222 e. The van der Waals surface area contributed by atoms with E-state index < -0.39 is 5.82 Å². The van der Waals surface area contributed by atoms with Crippen LogP contribution in [-0.4, -0.2) is 60.8 Å². The van der Waals surface area contributed by atoms with Gasteiger partial charge in [0, 0.05) is 63.2 Å². The summed E-state index contributed by atoms with van der Waals surface area (Å²) < 4.78 is 30.4. The molecule has 10 heteroatoms. The maximum absolute atomic E-state index is 13.5. The number of likely N-dealkylation sites (tertiary alicyclic amines) is 1.